The maximum absolute atomic E-state index is 15.1. The van der Waals surface area contributed by atoms with Crippen molar-refractivity contribution in [2.45, 2.75) is 56.7 Å². The SMILES string of the molecule is C=CCCC1CCC(c2cc(F)c(-c3cc(F)c(C(F)(F)Oc4cc(F)c(OC=CC(F)(F)F)c(F)c4)c(F)c3)c(F)c2)CC1. The van der Waals surface area contributed by atoms with Gasteiger partial charge < -0.3 is 9.47 Å². The van der Waals surface area contributed by atoms with Gasteiger partial charge in [-0.15, -0.1) is 6.58 Å². The molecule has 0 N–H and O–H groups in total. The highest BCUT2D eigenvalue weighted by Crippen LogP contribution is 2.42. The van der Waals surface area contributed by atoms with Crippen LogP contribution in [0.1, 0.15) is 55.6 Å². The summed E-state index contributed by atoms with van der Waals surface area (Å²) in [4.78, 5) is 0. The lowest BCUT2D eigenvalue weighted by Gasteiger charge is -2.29. The molecule has 0 saturated heterocycles. The zero-order valence-corrected chi connectivity index (χ0v) is 23.3. The molecular weight excluding hydrogens is 625 g/mol. The molecular formula is C32H25F11O2. The molecule has 2 nitrogen and oxygen atoms in total. The van der Waals surface area contributed by atoms with Gasteiger partial charge in [0.2, 0.25) is 0 Å². The van der Waals surface area contributed by atoms with Crippen LogP contribution in [0, 0.1) is 40.8 Å². The van der Waals surface area contributed by atoms with Crippen LogP contribution in [-0.4, -0.2) is 6.18 Å². The molecule has 0 atom stereocenters. The van der Waals surface area contributed by atoms with E-state index >= 15 is 8.78 Å². The second kappa shape index (κ2) is 13.5. The van der Waals surface area contributed by atoms with Crippen LogP contribution < -0.4 is 9.47 Å². The molecule has 13 heteroatoms. The summed E-state index contributed by atoms with van der Waals surface area (Å²) < 4.78 is 163. The Labute approximate surface area is 250 Å². The van der Waals surface area contributed by atoms with E-state index in [-0.39, 0.29) is 36.4 Å². The highest BCUT2D eigenvalue weighted by molar-refractivity contribution is 5.66. The fourth-order valence-corrected chi connectivity index (χ4v) is 5.32. The Bertz CT molecular complexity index is 1500. The molecule has 0 unspecified atom stereocenters. The molecule has 0 aromatic heterocycles. The van der Waals surface area contributed by atoms with E-state index in [9.17, 15) is 39.5 Å². The number of rotatable bonds is 10. The maximum atomic E-state index is 15.1. The average molecular weight is 651 g/mol. The number of ether oxygens (including phenoxy) is 2. The van der Waals surface area contributed by atoms with Crippen molar-refractivity contribution in [1.29, 1.82) is 0 Å². The van der Waals surface area contributed by atoms with Crippen LogP contribution in [0.2, 0.25) is 0 Å². The second-order valence-corrected chi connectivity index (χ2v) is 10.6. The van der Waals surface area contributed by atoms with E-state index in [1.807, 2.05) is 6.08 Å². The number of halogens is 11. The van der Waals surface area contributed by atoms with Crippen molar-refractivity contribution in [1.82, 2.24) is 0 Å². The van der Waals surface area contributed by atoms with Crippen LogP contribution in [0.3, 0.4) is 0 Å². The van der Waals surface area contributed by atoms with Gasteiger partial charge in [0.15, 0.2) is 17.4 Å². The minimum atomic E-state index is -4.92. The molecule has 1 aliphatic carbocycles. The first-order valence-electron chi connectivity index (χ1n) is 13.7. The predicted molar refractivity (Wildman–Crippen MR) is 143 cm³/mol. The topological polar surface area (TPSA) is 18.5 Å². The molecule has 0 bridgehead atoms. The van der Waals surface area contributed by atoms with Gasteiger partial charge in [0.05, 0.1) is 17.9 Å². The smallest absolute Gasteiger partial charge is 0.432 e. The molecule has 0 heterocycles. The normalized spacial score (nSPS) is 17.5. The van der Waals surface area contributed by atoms with Gasteiger partial charge in [0.1, 0.15) is 34.6 Å². The molecule has 0 radical (unpaired) electrons. The third-order valence-corrected chi connectivity index (χ3v) is 7.44. The Morgan fingerprint density at radius 1 is 0.733 bits per heavy atom. The number of hydrogen-bond donors (Lipinski definition) is 0. The van der Waals surface area contributed by atoms with Crippen LogP contribution in [0.15, 0.2) is 61.4 Å². The Morgan fingerprint density at radius 2 is 1.29 bits per heavy atom. The van der Waals surface area contributed by atoms with E-state index in [2.05, 4.69) is 16.1 Å². The third kappa shape index (κ3) is 8.17. The molecule has 1 fully saturated rings. The molecule has 0 aliphatic heterocycles. The van der Waals surface area contributed by atoms with Gasteiger partial charge in [0.25, 0.3) is 0 Å². The number of alkyl halides is 5. The Kier molecular flexibility index (Phi) is 10.2. The van der Waals surface area contributed by atoms with Crippen molar-refractivity contribution in [2.75, 3.05) is 0 Å². The average Bonchev–Trinajstić information content (AvgIpc) is 2.92. The van der Waals surface area contributed by atoms with Crippen molar-refractivity contribution in [3.8, 4) is 22.6 Å². The standard InChI is InChI=1S/C32H25F11O2/c1-2-3-4-17-5-7-18(8-6-17)19-11-22(33)28(23(34)12-19)20-13-24(35)29(25(36)14-20)32(42,43)45-21-15-26(37)30(27(38)16-21)44-10-9-31(39,40)41/h2,9-18H,1,3-8H2. The van der Waals surface area contributed by atoms with E-state index in [1.54, 1.807) is 0 Å². The fourth-order valence-electron chi connectivity index (χ4n) is 5.32. The lowest BCUT2D eigenvalue weighted by atomic mass is 9.77. The summed E-state index contributed by atoms with van der Waals surface area (Å²) in [6, 6.07) is 2.77. The van der Waals surface area contributed by atoms with Gasteiger partial charge in [-0.3, -0.25) is 0 Å². The first-order chi connectivity index (χ1) is 21.1. The summed E-state index contributed by atoms with van der Waals surface area (Å²) in [6.07, 6.45) is -3.65. The minimum Gasteiger partial charge on any atom is -0.459 e. The summed E-state index contributed by atoms with van der Waals surface area (Å²) >= 11 is 0. The summed E-state index contributed by atoms with van der Waals surface area (Å²) in [6.45, 7) is 3.70. The summed E-state index contributed by atoms with van der Waals surface area (Å²) in [7, 11) is 0. The zero-order chi connectivity index (χ0) is 33.1. The molecule has 242 valence electrons. The third-order valence-electron chi connectivity index (χ3n) is 7.44. The maximum Gasteiger partial charge on any atom is 0.432 e. The van der Waals surface area contributed by atoms with E-state index < -0.39 is 81.5 Å². The summed E-state index contributed by atoms with van der Waals surface area (Å²) in [5, 5.41) is 0. The van der Waals surface area contributed by atoms with E-state index in [1.165, 1.54) is 0 Å². The lowest BCUT2D eigenvalue weighted by Crippen LogP contribution is -2.25. The van der Waals surface area contributed by atoms with E-state index in [4.69, 9.17) is 0 Å². The Balaban J connectivity index is 1.55. The molecule has 0 amide bonds. The molecule has 0 spiro atoms. The first kappa shape index (κ1) is 33.9. The molecule has 3 aromatic rings. The largest absolute Gasteiger partial charge is 0.459 e. The molecule has 1 aliphatic rings. The minimum absolute atomic E-state index is 0.0813. The van der Waals surface area contributed by atoms with Crippen LogP contribution in [0.25, 0.3) is 11.1 Å². The van der Waals surface area contributed by atoms with Gasteiger partial charge in [-0.25, -0.2) is 26.3 Å². The lowest BCUT2D eigenvalue weighted by molar-refractivity contribution is -0.189. The van der Waals surface area contributed by atoms with Gasteiger partial charge in [0, 0.05) is 12.1 Å². The molecule has 3 aromatic carbocycles. The van der Waals surface area contributed by atoms with E-state index in [0.29, 0.717) is 24.3 Å². The Hall–Kier alpha value is -4.03. The predicted octanol–water partition coefficient (Wildman–Crippen LogP) is 11.0. The number of allylic oxidation sites excluding steroid dienone is 2. The first-order valence-corrected chi connectivity index (χ1v) is 13.7. The second-order valence-electron chi connectivity index (χ2n) is 10.6. The van der Waals surface area contributed by atoms with Crippen molar-refractivity contribution in [3.05, 3.63) is 107 Å². The molecule has 45 heavy (non-hydrogen) atoms. The van der Waals surface area contributed by atoms with Gasteiger partial charge in [-0.2, -0.15) is 22.0 Å². The highest BCUT2D eigenvalue weighted by atomic mass is 19.4. The number of hydrogen-bond acceptors (Lipinski definition) is 2. The van der Waals surface area contributed by atoms with Crippen LogP contribution in [0.5, 0.6) is 11.5 Å². The summed E-state index contributed by atoms with van der Waals surface area (Å²) in [5.41, 5.74) is -3.26. The van der Waals surface area contributed by atoms with Crippen LogP contribution in [0.4, 0.5) is 48.3 Å². The fraction of sp³-hybridized carbons (Fsp3) is 0.312. The van der Waals surface area contributed by atoms with Crippen LogP contribution in [-0.2, 0) is 6.11 Å². The monoisotopic (exact) mass is 650 g/mol. The zero-order valence-electron chi connectivity index (χ0n) is 23.3. The summed E-state index contributed by atoms with van der Waals surface area (Å²) in [5.74, 6) is -12.2. The van der Waals surface area contributed by atoms with Gasteiger partial charge >= 0.3 is 12.3 Å². The quantitative estimate of drug-likeness (QED) is 0.124. The molecule has 4 rings (SSSR count). The van der Waals surface area contributed by atoms with E-state index in [0.717, 1.165) is 37.8 Å². The molecule has 1 saturated carbocycles. The van der Waals surface area contributed by atoms with Crippen molar-refractivity contribution in [2.24, 2.45) is 5.92 Å². The van der Waals surface area contributed by atoms with Gasteiger partial charge in [-0.1, -0.05) is 6.08 Å². The van der Waals surface area contributed by atoms with Crippen molar-refractivity contribution in [3.63, 3.8) is 0 Å². The highest BCUT2D eigenvalue weighted by Gasteiger charge is 2.42. The van der Waals surface area contributed by atoms with Crippen LogP contribution >= 0.6 is 0 Å². The van der Waals surface area contributed by atoms with Crippen molar-refractivity contribution < 1.29 is 57.8 Å². The number of benzene rings is 3. The Morgan fingerprint density at radius 3 is 1.80 bits per heavy atom. The van der Waals surface area contributed by atoms with Crippen molar-refractivity contribution >= 4 is 0 Å². The van der Waals surface area contributed by atoms with Gasteiger partial charge in [-0.05, 0) is 85.8 Å².